The van der Waals surface area contributed by atoms with Crippen LogP contribution < -0.4 is 5.32 Å². The fourth-order valence-electron chi connectivity index (χ4n) is 1.37. The quantitative estimate of drug-likeness (QED) is 0.604. The van der Waals surface area contributed by atoms with Crippen LogP contribution in [0.15, 0.2) is 0 Å². The molecule has 1 heterocycles. The second kappa shape index (κ2) is 5.51. The van der Waals surface area contributed by atoms with Crippen molar-refractivity contribution in [3.05, 3.63) is 0 Å². The Morgan fingerprint density at radius 2 is 2.33 bits per heavy atom. The Morgan fingerprint density at radius 1 is 1.50 bits per heavy atom. The van der Waals surface area contributed by atoms with Gasteiger partial charge in [-0.15, -0.1) is 0 Å². The average molecular weight is 172 g/mol. The molecule has 1 rings (SSSR count). The van der Waals surface area contributed by atoms with Crippen LogP contribution in [0.5, 0.6) is 0 Å². The zero-order chi connectivity index (χ0) is 8.81. The van der Waals surface area contributed by atoms with Gasteiger partial charge >= 0.3 is 0 Å². The van der Waals surface area contributed by atoms with Gasteiger partial charge in [-0.25, -0.2) is 0 Å². The van der Waals surface area contributed by atoms with E-state index in [1.807, 2.05) is 0 Å². The minimum atomic E-state index is 0.479. The van der Waals surface area contributed by atoms with E-state index in [-0.39, 0.29) is 0 Å². The summed E-state index contributed by atoms with van der Waals surface area (Å²) >= 11 is 0. The summed E-state index contributed by atoms with van der Waals surface area (Å²) in [5.41, 5.74) is 0. The first kappa shape index (κ1) is 9.96. The smallest absolute Gasteiger partial charge is 0.0700 e. The van der Waals surface area contributed by atoms with Crippen molar-refractivity contribution in [2.75, 3.05) is 40.3 Å². The Hall–Kier alpha value is -0.120. The zero-order valence-corrected chi connectivity index (χ0v) is 8.18. The van der Waals surface area contributed by atoms with Gasteiger partial charge in [-0.1, -0.05) is 0 Å². The Balaban J connectivity index is 1.88. The minimum absolute atomic E-state index is 0.479. The molecule has 0 unspecified atom stereocenters. The standard InChI is InChI=1S/C9H20N2O/c1-11(2)6-5-10-8-9-4-3-7-12-9/h9-10H,3-8H2,1-2H3/t9-/m0/s1. The van der Waals surface area contributed by atoms with Crippen molar-refractivity contribution in [3.8, 4) is 0 Å². The molecular weight excluding hydrogens is 152 g/mol. The lowest BCUT2D eigenvalue weighted by atomic mass is 10.2. The predicted molar refractivity (Wildman–Crippen MR) is 50.4 cm³/mol. The van der Waals surface area contributed by atoms with Crippen LogP contribution in [0.4, 0.5) is 0 Å². The zero-order valence-electron chi connectivity index (χ0n) is 8.18. The molecule has 1 aliphatic rings. The summed E-state index contributed by atoms with van der Waals surface area (Å²) < 4.78 is 5.48. The molecule has 3 nitrogen and oxygen atoms in total. The van der Waals surface area contributed by atoms with Crippen molar-refractivity contribution < 1.29 is 4.74 Å². The number of ether oxygens (including phenoxy) is 1. The fraction of sp³-hybridized carbons (Fsp3) is 1.00. The predicted octanol–water partition coefficient (Wildman–Crippen LogP) is 0.317. The van der Waals surface area contributed by atoms with E-state index in [9.17, 15) is 0 Å². The second-order valence-electron chi connectivity index (χ2n) is 3.64. The van der Waals surface area contributed by atoms with E-state index >= 15 is 0 Å². The Kier molecular flexibility index (Phi) is 4.58. The van der Waals surface area contributed by atoms with Crippen LogP contribution in [0.3, 0.4) is 0 Å². The van der Waals surface area contributed by atoms with Crippen molar-refractivity contribution in [3.63, 3.8) is 0 Å². The SMILES string of the molecule is CN(C)CCNC[C@@H]1CCCO1. The Morgan fingerprint density at radius 3 is 2.92 bits per heavy atom. The van der Waals surface area contributed by atoms with Crippen LogP contribution in [0.25, 0.3) is 0 Å². The maximum Gasteiger partial charge on any atom is 0.0700 e. The summed E-state index contributed by atoms with van der Waals surface area (Å²) in [7, 11) is 4.18. The molecule has 3 heteroatoms. The van der Waals surface area contributed by atoms with Crippen molar-refractivity contribution >= 4 is 0 Å². The van der Waals surface area contributed by atoms with Crippen molar-refractivity contribution in [1.82, 2.24) is 10.2 Å². The van der Waals surface area contributed by atoms with Crippen LogP contribution in [0.1, 0.15) is 12.8 Å². The van der Waals surface area contributed by atoms with Gasteiger partial charge in [-0.3, -0.25) is 0 Å². The molecule has 12 heavy (non-hydrogen) atoms. The monoisotopic (exact) mass is 172 g/mol. The Labute approximate surface area is 75.1 Å². The lowest BCUT2D eigenvalue weighted by Crippen LogP contribution is -2.32. The van der Waals surface area contributed by atoms with E-state index in [2.05, 4.69) is 24.3 Å². The highest BCUT2D eigenvalue weighted by Crippen LogP contribution is 2.10. The molecule has 1 atom stereocenters. The highest BCUT2D eigenvalue weighted by molar-refractivity contribution is 4.67. The molecule has 0 amide bonds. The summed E-state index contributed by atoms with van der Waals surface area (Å²) in [4.78, 5) is 2.18. The summed E-state index contributed by atoms with van der Waals surface area (Å²) in [6.45, 7) is 4.15. The van der Waals surface area contributed by atoms with Gasteiger partial charge in [-0.2, -0.15) is 0 Å². The molecule has 1 fully saturated rings. The Bertz CT molecular complexity index is 111. The number of rotatable bonds is 5. The molecule has 1 aliphatic heterocycles. The number of nitrogens with zero attached hydrogens (tertiary/aromatic N) is 1. The van der Waals surface area contributed by atoms with E-state index in [4.69, 9.17) is 4.74 Å². The van der Waals surface area contributed by atoms with Gasteiger partial charge < -0.3 is 15.0 Å². The van der Waals surface area contributed by atoms with Gasteiger partial charge in [0.1, 0.15) is 0 Å². The lowest BCUT2D eigenvalue weighted by molar-refractivity contribution is 0.110. The van der Waals surface area contributed by atoms with Crippen LogP contribution in [0, 0.1) is 0 Å². The third kappa shape index (κ3) is 4.04. The minimum Gasteiger partial charge on any atom is -0.377 e. The van der Waals surface area contributed by atoms with Gasteiger partial charge in [0.2, 0.25) is 0 Å². The van der Waals surface area contributed by atoms with E-state index in [1.165, 1.54) is 12.8 Å². The van der Waals surface area contributed by atoms with Crippen molar-refractivity contribution in [2.45, 2.75) is 18.9 Å². The fourth-order valence-corrected chi connectivity index (χ4v) is 1.37. The molecule has 0 radical (unpaired) electrons. The maximum atomic E-state index is 5.48. The molecule has 0 aliphatic carbocycles. The number of nitrogens with one attached hydrogen (secondary N) is 1. The summed E-state index contributed by atoms with van der Waals surface area (Å²) in [5, 5.41) is 3.39. The average Bonchev–Trinajstić information content (AvgIpc) is 2.49. The van der Waals surface area contributed by atoms with Gasteiger partial charge in [0.15, 0.2) is 0 Å². The molecule has 0 aromatic rings. The summed E-state index contributed by atoms with van der Waals surface area (Å²) in [6.07, 6.45) is 2.95. The molecular formula is C9H20N2O. The van der Waals surface area contributed by atoms with Crippen molar-refractivity contribution in [1.29, 1.82) is 0 Å². The topological polar surface area (TPSA) is 24.5 Å². The van der Waals surface area contributed by atoms with Crippen LogP contribution in [0.2, 0.25) is 0 Å². The highest BCUT2D eigenvalue weighted by atomic mass is 16.5. The molecule has 1 N–H and O–H groups in total. The molecule has 0 bridgehead atoms. The first-order chi connectivity index (χ1) is 5.79. The van der Waals surface area contributed by atoms with Gasteiger partial charge in [-0.05, 0) is 26.9 Å². The number of hydrogen-bond acceptors (Lipinski definition) is 3. The molecule has 0 spiro atoms. The third-order valence-electron chi connectivity index (χ3n) is 2.13. The molecule has 0 aromatic carbocycles. The van der Waals surface area contributed by atoms with Gasteiger partial charge in [0, 0.05) is 26.2 Å². The maximum absolute atomic E-state index is 5.48. The van der Waals surface area contributed by atoms with Crippen LogP contribution in [-0.2, 0) is 4.74 Å². The third-order valence-corrected chi connectivity index (χ3v) is 2.13. The van der Waals surface area contributed by atoms with E-state index in [0.29, 0.717) is 6.10 Å². The summed E-state index contributed by atoms with van der Waals surface area (Å²) in [5.74, 6) is 0. The normalized spacial score (nSPS) is 23.8. The van der Waals surface area contributed by atoms with Gasteiger partial charge in [0.05, 0.1) is 6.10 Å². The van der Waals surface area contributed by atoms with E-state index in [1.54, 1.807) is 0 Å². The molecule has 0 aromatic heterocycles. The number of likely N-dealkylation sites (N-methyl/N-ethyl adjacent to an activating group) is 1. The molecule has 72 valence electrons. The van der Waals surface area contributed by atoms with Gasteiger partial charge in [0.25, 0.3) is 0 Å². The highest BCUT2D eigenvalue weighted by Gasteiger charge is 2.13. The largest absolute Gasteiger partial charge is 0.377 e. The van der Waals surface area contributed by atoms with Crippen LogP contribution in [-0.4, -0.2) is 51.3 Å². The first-order valence-corrected chi connectivity index (χ1v) is 4.76. The van der Waals surface area contributed by atoms with Crippen LogP contribution >= 0.6 is 0 Å². The van der Waals surface area contributed by atoms with E-state index in [0.717, 1.165) is 26.2 Å². The summed E-state index contributed by atoms with van der Waals surface area (Å²) in [6, 6.07) is 0. The van der Waals surface area contributed by atoms with E-state index < -0.39 is 0 Å². The van der Waals surface area contributed by atoms with Crippen molar-refractivity contribution in [2.24, 2.45) is 0 Å². The second-order valence-corrected chi connectivity index (χ2v) is 3.64. The first-order valence-electron chi connectivity index (χ1n) is 4.76. The number of hydrogen-bond donors (Lipinski definition) is 1. The lowest BCUT2D eigenvalue weighted by Gasteiger charge is -2.13. The molecule has 1 saturated heterocycles. The molecule has 0 saturated carbocycles.